The number of ether oxygens (including phenoxy) is 1. The van der Waals surface area contributed by atoms with Gasteiger partial charge in [-0.3, -0.25) is 0 Å². The van der Waals surface area contributed by atoms with Crippen molar-refractivity contribution in [2.75, 3.05) is 0 Å². The molecule has 0 bridgehead atoms. The van der Waals surface area contributed by atoms with Crippen molar-refractivity contribution in [3.8, 4) is 11.5 Å². The Hall–Kier alpha value is -1.76. The Labute approximate surface area is 108 Å². The molecule has 0 aliphatic carbocycles. The number of rotatable bonds is 0. The minimum absolute atomic E-state index is 0.979. The Morgan fingerprint density at radius 1 is 0.667 bits per heavy atom. The van der Waals surface area contributed by atoms with Crippen LogP contribution in [0, 0.1) is 27.7 Å². The minimum atomic E-state index is 0.979. The zero-order valence-corrected chi connectivity index (χ0v) is 11.4. The van der Waals surface area contributed by atoms with Gasteiger partial charge in [-0.2, -0.15) is 0 Å². The summed E-state index contributed by atoms with van der Waals surface area (Å²) in [6.07, 6.45) is 0.979. The Kier molecular flexibility index (Phi) is 2.44. The van der Waals surface area contributed by atoms with E-state index in [0.29, 0.717) is 0 Å². The maximum atomic E-state index is 6.05. The van der Waals surface area contributed by atoms with Crippen LogP contribution in [0.4, 0.5) is 0 Å². The molecule has 0 fully saturated rings. The van der Waals surface area contributed by atoms with Gasteiger partial charge in [0.2, 0.25) is 0 Å². The van der Waals surface area contributed by atoms with Gasteiger partial charge in [-0.15, -0.1) is 0 Å². The highest BCUT2D eigenvalue weighted by Gasteiger charge is 2.18. The molecule has 1 heterocycles. The maximum absolute atomic E-state index is 6.05. The molecule has 2 aromatic rings. The molecule has 18 heavy (non-hydrogen) atoms. The summed E-state index contributed by atoms with van der Waals surface area (Å²) in [5.41, 5.74) is 7.86. The van der Waals surface area contributed by atoms with Crippen molar-refractivity contribution in [3.63, 3.8) is 0 Å². The van der Waals surface area contributed by atoms with Crippen LogP contribution in [0.3, 0.4) is 0 Å². The zero-order chi connectivity index (χ0) is 12.9. The van der Waals surface area contributed by atoms with Gasteiger partial charge in [0.05, 0.1) is 0 Å². The molecular formula is C17H18O. The minimum Gasteiger partial charge on any atom is -0.457 e. The fourth-order valence-electron chi connectivity index (χ4n) is 2.49. The van der Waals surface area contributed by atoms with Gasteiger partial charge in [0.15, 0.2) is 0 Å². The van der Waals surface area contributed by atoms with Crippen LogP contribution >= 0.6 is 0 Å². The average molecular weight is 238 g/mol. The Bertz CT molecular complexity index is 527. The van der Waals surface area contributed by atoms with Crippen LogP contribution in [0.2, 0.25) is 0 Å². The number of aryl methyl sites for hydroxylation is 4. The quantitative estimate of drug-likeness (QED) is 0.555. The molecule has 0 atom stereocenters. The molecular weight excluding hydrogens is 220 g/mol. The van der Waals surface area contributed by atoms with E-state index < -0.39 is 0 Å². The number of fused-ring (bicyclic) bond motifs is 2. The van der Waals surface area contributed by atoms with Crippen molar-refractivity contribution in [2.24, 2.45) is 0 Å². The van der Waals surface area contributed by atoms with Gasteiger partial charge in [0, 0.05) is 6.42 Å². The molecule has 2 aromatic carbocycles. The van der Waals surface area contributed by atoms with Crippen molar-refractivity contribution in [1.29, 1.82) is 0 Å². The third-order valence-corrected chi connectivity index (χ3v) is 3.95. The molecule has 0 aromatic heterocycles. The van der Waals surface area contributed by atoms with E-state index in [0.717, 1.165) is 17.9 Å². The van der Waals surface area contributed by atoms with E-state index in [1.165, 1.54) is 33.4 Å². The summed E-state index contributed by atoms with van der Waals surface area (Å²) in [6, 6.07) is 8.82. The molecule has 1 nitrogen and oxygen atoms in total. The first-order valence-corrected chi connectivity index (χ1v) is 6.42. The average Bonchev–Trinajstić information content (AvgIpc) is 2.31. The lowest BCUT2D eigenvalue weighted by Gasteiger charge is -2.22. The lowest BCUT2D eigenvalue weighted by atomic mass is 9.94. The second-order valence-corrected chi connectivity index (χ2v) is 5.37. The lowest BCUT2D eigenvalue weighted by molar-refractivity contribution is 0.459. The Morgan fingerprint density at radius 2 is 1.06 bits per heavy atom. The van der Waals surface area contributed by atoms with E-state index in [-0.39, 0.29) is 0 Å². The fourth-order valence-corrected chi connectivity index (χ4v) is 2.49. The van der Waals surface area contributed by atoms with Crippen molar-refractivity contribution in [2.45, 2.75) is 34.1 Å². The summed E-state index contributed by atoms with van der Waals surface area (Å²) in [5, 5.41) is 0. The first-order chi connectivity index (χ1) is 8.54. The molecule has 0 unspecified atom stereocenters. The molecule has 1 aliphatic heterocycles. The van der Waals surface area contributed by atoms with E-state index >= 15 is 0 Å². The highest BCUT2D eigenvalue weighted by molar-refractivity contribution is 5.54. The Morgan fingerprint density at radius 3 is 1.50 bits per heavy atom. The van der Waals surface area contributed by atoms with Gasteiger partial charge in [0.1, 0.15) is 11.5 Å². The molecule has 0 saturated carbocycles. The molecule has 0 radical (unpaired) electrons. The fraction of sp³-hybridized carbons (Fsp3) is 0.294. The van der Waals surface area contributed by atoms with Crippen molar-refractivity contribution in [3.05, 3.63) is 57.6 Å². The van der Waals surface area contributed by atoms with E-state index in [1.807, 2.05) is 0 Å². The molecule has 0 N–H and O–H groups in total. The van der Waals surface area contributed by atoms with Crippen LogP contribution in [0.25, 0.3) is 0 Å². The van der Waals surface area contributed by atoms with Crippen LogP contribution in [-0.2, 0) is 6.42 Å². The van der Waals surface area contributed by atoms with Gasteiger partial charge >= 0.3 is 0 Å². The SMILES string of the molecule is Cc1cc2c(cc1C)Oc1cc(C)c(C)cc1C2. The molecule has 0 amide bonds. The van der Waals surface area contributed by atoms with Gasteiger partial charge in [-0.1, -0.05) is 12.1 Å². The largest absolute Gasteiger partial charge is 0.457 e. The normalized spacial score (nSPS) is 12.7. The van der Waals surface area contributed by atoms with Crippen LogP contribution in [0.5, 0.6) is 11.5 Å². The van der Waals surface area contributed by atoms with E-state index in [9.17, 15) is 0 Å². The summed E-state index contributed by atoms with van der Waals surface area (Å²) >= 11 is 0. The second-order valence-electron chi connectivity index (χ2n) is 5.37. The van der Waals surface area contributed by atoms with Gasteiger partial charge in [0.25, 0.3) is 0 Å². The van der Waals surface area contributed by atoms with Crippen LogP contribution < -0.4 is 4.74 Å². The van der Waals surface area contributed by atoms with Gasteiger partial charge in [-0.05, 0) is 73.2 Å². The standard InChI is InChI=1S/C17H18O/c1-10-5-14-9-15-6-11(2)13(4)8-17(15)18-16(14)7-12(10)3/h5-8H,9H2,1-4H3. The molecule has 92 valence electrons. The number of hydrogen-bond acceptors (Lipinski definition) is 1. The topological polar surface area (TPSA) is 9.23 Å². The highest BCUT2D eigenvalue weighted by Crippen LogP contribution is 2.38. The van der Waals surface area contributed by atoms with Crippen molar-refractivity contribution >= 4 is 0 Å². The smallest absolute Gasteiger partial charge is 0.131 e. The first-order valence-electron chi connectivity index (χ1n) is 6.42. The number of benzene rings is 2. The summed E-state index contributed by atoms with van der Waals surface area (Å²) in [7, 11) is 0. The highest BCUT2D eigenvalue weighted by atomic mass is 16.5. The zero-order valence-electron chi connectivity index (χ0n) is 11.4. The first kappa shape index (κ1) is 11.3. The van der Waals surface area contributed by atoms with Gasteiger partial charge < -0.3 is 4.74 Å². The second kappa shape index (κ2) is 3.88. The van der Waals surface area contributed by atoms with Crippen molar-refractivity contribution in [1.82, 2.24) is 0 Å². The van der Waals surface area contributed by atoms with Crippen LogP contribution in [-0.4, -0.2) is 0 Å². The molecule has 1 heteroatoms. The number of hydrogen-bond donors (Lipinski definition) is 0. The summed E-state index contributed by atoms with van der Waals surface area (Å²) in [5.74, 6) is 2.04. The van der Waals surface area contributed by atoms with Crippen LogP contribution in [0.1, 0.15) is 33.4 Å². The van der Waals surface area contributed by atoms with Gasteiger partial charge in [-0.25, -0.2) is 0 Å². The third-order valence-electron chi connectivity index (χ3n) is 3.95. The molecule has 3 rings (SSSR count). The lowest BCUT2D eigenvalue weighted by Crippen LogP contribution is -2.05. The Balaban J connectivity index is 2.12. The molecule has 1 aliphatic rings. The predicted octanol–water partition coefficient (Wildman–Crippen LogP) is 4.62. The predicted molar refractivity (Wildman–Crippen MR) is 74.7 cm³/mol. The van der Waals surface area contributed by atoms with Crippen molar-refractivity contribution < 1.29 is 4.74 Å². The maximum Gasteiger partial charge on any atom is 0.131 e. The van der Waals surface area contributed by atoms with E-state index in [4.69, 9.17) is 4.74 Å². The summed E-state index contributed by atoms with van der Waals surface area (Å²) < 4.78 is 6.05. The summed E-state index contributed by atoms with van der Waals surface area (Å²) in [6.45, 7) is 8.58. The van der Waals surface area contributed by atoms with E-state index in [1.54, 1.807) is 0 Å². The molecule has 0 spiro atoms. The third kappa shape index (κ3) is 1.71. The van der Waals surface area contributed by atoms with Crippen LogP contribution in [0.15, 0.2) is 24.3 Å². The summed E-state index contributed by atoms with van der Waals surface area (Å²) in [4.78, 5) is 0. The van der Waals surface area contributed by atoms with E-state index in [2.05, 4.69) is 52.0 Å². The monoisotopic (exact) mass is 238 g/mol. The molecule has 0 saturated heterocycles.